The van der Waals surface area contributed by atoms with E-state index < -0.39 is 22.0 Å². The van der Waals surface area contributed by atoms with E-state index >= 15 is 0 Å². The van der Waals surface area contributed by atoms with Crippen molar-refractivity contribution in [2.24, 2.45) is 0 Å². The maximum Gasteiger partial charge on any atom is 0.321 e. The average Bonchev–Trinajstić information content (AvgIpc) is 2.03. The van der Waals surface area contributed by atoms with Gasteiger partial charge < -0.3 is 5.11 Å². The number of nitrogens with one attached hydrogen (secondary N) is 1. The van der Waals surface area contributed by atoms with Crippen LogP contribution in [0.25, 0.3) is 0 Å². The van der Waals surface area contributed by atoms with Crippen LogP contribution in [0.15, 0.2) is 0 Å². The fourth-order valence-electron chi connectivity index (χ4n) is 0.822. The van der Waals surface area contributed by atoms with E-state index in [0.717, 1.165) is 0 Å². The van der Waals surface area contributed by atoms with E-state index in [-0.39, 0.29) is 5.75 Å². The van der Waals surface area contributed by atoms with Crippen molar-refractivity contribution in [3.05, 3.63) is 0 Å². The van der Waals surface area contributed by atoms with Crippen molar-refractivity contribution in [1.82, 2.24) is 4.72 Å². The lowest BCUT2D eigenvalue weighted by Gasteiger charge is -2.12. The zero-order valence-corrected chi connectivity index (χ0v) is 8.60. The molecule has 0 radical (unpaired) electrons. The average molecular weight is 209 g/mol. The van der Waals surface area contributed by atoms with Crippen LogP contribution in [0.3, 0.4) is 0 Å². The highest BCUT2D eigenvalue weighted by molar-refractivity contribution is 7.89. The summed E-state index contributed by atoms with van der Waals surface area (Å²) >= 11 is 0. The molecule has 6 heteroatoms. The third kappa shape index (κ3) is 4.84. The predicted octanol–water partition coefficient (Wildman–Crippen LogP) is 0.179. The summed E-state index contributed by atoms with van der Waals surface area (Å²) in [6, 6.07) is -0.991. The van der Waals surface area contributed by atoms with E-state index in [2.05, 4.69) is 4.72 Å². The summed E-state index contributed by atoms with van der Waals surface area (Å²) in [4.78, 5) is 10.6. The van der Waals surface area contributed by atoms with Crippen molar-refractivity contribution in [2.45, 2.75) is 32.7 Å². The van der Waals surface area contributed by atoms with Gasteiger partial charge in [0, 0.05) is 0 Å². The summed E-state index contributed by atoms with van der Waals surface area (Å²) in [5.74, 6) is -1.22. The molecular weight excluding hydrogens is 194 g/mol. The number of hydrogen-bond donors (Lipinski definition) is 2. The van der Waals surface area contributed by atoms with Gasteiger partial charge in [0.2, 0.25) is 10.0 Å². The van der Waals surface area contributed by atoms with Gasteiger partial charge in [-0.3, -0.25) is 4.79 Å². The molecule has 2 N–H and O–H groups in total. The maximum atomic E-state index is 11.0. The highest BCUT2D eigenvalue weighted by Gasteiger charge is 2.21. The highest BCUT2D eigenvalue weighted by atomic mass is 32.2. The Morgan fingerprint density at radius 2 is 2.00 bits per heavy atom. The number of aliphatic carboxylic acids is 1. The van der Waals surface area contributed by atoms with E-state index in [1.54, 1.807) is 6.92 Å². The Kier molecular flexibility index (Phi) is 4.94. The molecule has 0 saturated heterocycles. The van der Waals surface area contributed by atoms with Crippen LogP contribution < -0.4 is 4.72 Å². The van der Waals surface area contributed by atoms with Crippen LogP contribution in [0.2, 0.25) is 0 Å². The molecule has 0 aliphatic rings. The number of sulfonamides is 1. The molecule has 0 spiro atoms. The number of rotatable bonds is 6. The molecule has 1 atom stereocenters. The van der Waals surface area contributed by atoms with Gasteiger partial charge in [0.05, 0.1) is 5.75 Å². The standard InChI is InChI=1S/C7H15NO4S/c1-3-5-6(7(9)10)8-13(11,12)4-2/h6,8H,3-5H2,1-2H3,(H,9,10). The van der Waals surface area contributed by atoms with Crippen LogP contribution in [0, 0.1) is 0 Å². The molecule has 0 rings (SSSR count). The third-order valence-corrected chi connectivity index (χ3v) is 2.98. The molecule has 0 aromatic heterocycles. The summed E-state index contributed by atoms with van der Waals surface area (Å²) in [7, 11) is -3.42. The van der Waals surface area contributed by atoms with Crippen LogP contribution >= 0.6 is 0 Å². The number of hydrogen-bond acceptors (Lipinski definition) is 3. The lowest BCUT2D eigenvalue weighted by Crippen LogP contribution is -2.41. The number of carbonyl (C=O) groups is 1. The molecule has 0 aromatic carbocycles. The van der Waals surface area contributed by atoms with Gasteiger partial charge in [-0.2, -0.15) is 0 Å². The quantitative estimate of drug-likeness (QED) is 0.653. The minimum Gasteiger partial charge on any atom is -0.480 e. The Morgan fingerprint density at radius 1 is 1.46 bits per heavy atom. The number of carboxylic acids is 1. The third-order valence-electron chi connectivity index (χ3n) is 1.58. The zero-order chi connectivity index (χ0) is 10.5. The Bertz CT molecular complexity index is 260. The second-order valence-corrected chi connectivity index (χ2v) is 4.74. The van der Waals surface area contributed by atoms with Gasteiger partial charge in [0.15, 0.2) is 0 Å². The molecule has 0 aliphatic carbocycles. The Morgan fingerprint density at radius 3 is 2.31 bits per heavy atom. The molecule has 0 aromatic rings. The lowest BCUT2D eigenvalue weighted by molar-refractivity contribution is -0.139. The molecule has 0 fully saturated rings. The molecule has 0 saturated carbocycles. The normalized spacial score (nSPS) is 14.0. The largest absolute Gasteiger partial charge is 0.480 e. The molecule has 0 bridgehead atoms. The first kappa shape index (κ1) is 12.4. The first-order valence-corrected chi connectivity index (χ1v) is 5.81. The topological polar surface area (TPSA) is 83.5 Å². The van der Waals surface area contributed by atoms with Crippen LogP contribution in [0.4, 0.5) is 0 Å². The molecule has 5 nitrogen and oxygen atoms in total. The Labute approximate surface area is 78.2 Å². The highest BCUT2D eigenvalue weighted by Crippen LogP contribution is 1.99. The second-order valence-electron chi connectivity index (χ2n) is 2.70. The van der Waals surface area contributed by atoms with E-state index in [1.165, 1.54) is 6.92 Å². The minimum absolute atomic E-state index is 0.0967. The van der Waals surface area contributed by atoms with Gasteiger partial charge in [0.25, 0.3) is 0 Å². The molecule has 0 heterocycles. The Hall–Kier alpha value is -0.620. The molecule has 0 aliphatic heterocycles. The first-order valence-electron chi connectivity index (χ1n) is 4.15. The van der Waals surface area contributed by atoms with Gasteiger partial charge in [-0.15, -0.1) is 0 Å². The second kappa shape index (κ2) is 5.18. The predicted molar refractivity (Wildman–Crippen MR) is 48.9 cm³/mol. The van der Waals surface area contributed by atoms with Crippen molar-refractivity contribution in [1.29, 1.82) is 0 Å². The van der Waals surface area contributed by atoms with Crippen molar-refractivity contribution in [3.8, 4) is 0 Å². The van der Waals surface area contributed by atoms with Gasteiger partial charge in [0.1, 0.15) is 6.04 Å². The zero-order valence-electron chi connectivity index (χ0n) is 7.78. The first-order chi connectivity index (χ1) is 5.93. The summed E-state index contributed by atoms with van der Waals surface area (Å²) < 4.78 is 24.1. The van der Waals surface area contributed by atoms with Gasteiger partial charge >= 0.3 is 5.97 Å². The number of carboxylic acid groups (broad SMARTS) is 1. The summed E-state index contributed by atoms with van der Waals surface area (Å²) in [6.07, 6.45) is 0.942. The lowest BCUT2D eigenvalue weighted by atomic mass is 10.2. The fraction of sp³-hybridized carbons (Fsp3) is 0.857. The fourth-order valence-corrected chi connectivity index (χ4v) is 1.64. The SMILES string of the molecule is CCCC(NS(=O)(=O)CC)C(=O)O. The van der Waals surface area contributed by atoms with Crippen molar-refractivity contribution in [3.63, 3.8) is 0 Å². The van der Waals surface area contributed by atoms with Crippen molar-refractivity contribution in [2.75, 3.05) is 5.75 Å². The summed E-state index contributed by atoms with van der Waals surface area (Å²) in [6.45, 7) is 3.27. The van der Waals surface area contributed by atoms with Crippen molar-refractivity contribution < 1.29 is 18.3 Å². The van der Waals surface area contributed by atoms with Gasteiger partial charge in [-0.1, -0.05) is 13.3 Å². The minimum atomic E-state index is -3.42. The van der Waals surface area contributed by atoms with E-state index in [9.17, 15) is 13.2 Å². The van der Waals surface area contributed by atoms with Crippen LogP contribution in [-0.4, -0.2) is 31.3 Å². The van der Waals surface area contributed by atoms with Crippen LogP contribution in [-0.2, 0) is 14.8 Å². The Balaban J connectivity index is 4.35. The molecule has 1 unspecified atom stereocenters. The van der Waals surface area contributed by atoms with E-state index in [4.69, 9.17) is 5.11 Å². The summed E-state index contributed by atoms with van der Waals surface area (Å²) in [5, 5.41) is 8.64. The smallest absolute Gasteiger partial charge is 0.321 e. The van der Waals surface area contributed by atoms with Crippen LogP contribution in [0.5, 0.6) is 0 Å². The van der Waals surface area contributed by atoms with Crippen molar-refractivity contribution >= 4 is 16.0 Å². The maximum absolute atomic E-state index is 11.0. The molecule has 78 valence electrons. The molecule has 13 heavy (non-hydrogen) atoms. The molecule has 0 amide bonds. The van der Waals surface area contributed by atoms with Gasteiger partial charge in [-0.25, -0.2) is 13.1 Å². The molecular formula is C7H15NO4S. The summed E-state index contributed by atoms with van der Waals surface area (Å²) in [5.41, 5.74) is 0. The van der Waals surface area contributed by atoms with E-state index in [1.807, 2.05) is 0 Å². The van der Waals surface area contributed by atoms with Gasteiger partial charge in [-0.05, 0) is 13.3 Å². The van der Waals surface area contributed by atoms with E-state index in [0.29, 0.717) is 12.8 Å². The monoisotopic (exact) mass is 209 g/mol. The van der Waals surface area contributed by atoms with Crippen LogP contribution in [0.1, 0.15) is 26.7 Å².